The van der Waals surface area contributed by atoms with Crippen molar-refractivity contribution in [3.8, 4) is 0 Å². The number of nitrogens with zero attached hydrogens (tertiary/aromatic N) is 1. The quantitative estimate of drug-likeness (QED) is 0.802. The molecule has 0 radical (unpaired) electrons. The normalized spacial score (nSPS) is 10.3. The minimum atomic E-state index is -0.692. The van der Waals surface area contributed by atoms with E-state index < -0.39 is 18.5 Å². The van der Waals surface area contributed by atoms with Crippen molar-refractivity contribution in [2.24, 2.45) is 0 Å². The summed E-state index contributed by atoms with van der Waals surface area (Å²) in [6.07, 6.45) is 0.522. The van der Waals surface area contributed by atoms with Gasteiger partial charge in [0.05, 0.1) is 12.7 Å². The van der Waals surface area contributed by atoms with Crippen molar-refractivity contribution < 1.29 is 23.9 Å². The Morgan fingerprint density at radius 3 is 2.35 bits per heavy atom. The lowest BCUT2D eigenvalue weighted by Gasteiger charge is -2.17. The van der Waals surface area contributed by atoms with Gasteiger partial charge in [0.15, 0.2) is 6.61 Å². The van der Waals surface area contributed by atoms with Crippen molar-refractivity contribution in [3.63, 3.8) is 0 Å². The number of hydrogen-bond acceptors (Lipinski definition) is 5. The second-order valence-corrected chi connectivity index (χ2v) is 5.69. The number of methoxy groups -OCH3 is 1. The number of para-hydroxylation sites is 1. The van der Waals surface area contributed by atoms with E-state index in [4.69, 9.17) is 9.47 Å². The smallest absolute Gasteiger partial charge is 0.355 e. The van der Waals surface area contributed by atoms with Crippen LogP contribution in [-0.4, -0.2) is 43.6 Å². The van der Waals surface area contributed by atoms with Crippen molar-refractivity contribution in [2.75, 3.05) is 25.7 Å². The highest BCUT2D eigenvalue weighted by molar-refractivity contribution is 6.00. The van der Waals surface area contributed by atoms with Crippen LogP contribution in [0.4, 0.5) is 5.69 Å². The molecular weight excluding hydrogens is 336 g/mol. The summed E-state index contributed by atoms with van der Waals surface area (Å²) >= 11 is 0. The van der Waals surface area contributed by atoms with Gasteiger partial charge in [0, 0.05) is 18.4 Å². The molecule has 2 aromatic rings. The van der Waals surface area contributed by atoms with E-state index in [1.54, 1.807) is 26.1 Å². The Morgan fingerprint density at radius 1 is 1.12 bits per heavy atom. The SMILES string of the molecule is CCc1[nH]c(C(=O)OCC(=O)N(C)c2ccccc2)c(C)c1C(=O)OC. The minimum absolute atomic E-state index is 0.150. The first-order chi connectivity index (χ1) is 12.4. The third-order valence-corrected chi connectivity index (χ3v) is 4.12. The number of carbonyl (C=O) groups excluding carboxylic acids is 3. The molecule has 0 bridgehead atoms. The summed E-state index contributed by atoms with van der Waals surface area (Å²) in [7, 11) is 2.89. The number of carbonyl (C=O) groups is 3. The van der Waals surface area contributed by atoms with Crippen LogP contribution in [0, 0.1) is 6.92 Å². The lowest BCUT2D eigenvalue weighted by molar-refractivity contribution is -0.121. The number of ether oxygens (including phenoxy) is 2. The molecule has 0 spiro atoms. The van der Waals surface area contributed by atoms with E-state index in [1.807, 2.05) is 25.1 Å². The fourth-order valence-electron chi connectivity index (χ4n) is 2.60. The van der Waals surface area contributed by atoms with Crippen molar-refractivity contribution in [1.82, 2.24) is 4.98 Å². The Balaban J connectivity index is 2.10. The summed E-state index contributed by atoms with van der Waals surface area (Å²) in [4.78, 5) is 40.8. The van der Waals surface area contributed by atoms with Crippen LogP contribution in [0.1, 0.15) is 39.0 Å². The second-order valence-electron chi connectivity index (χ2n) is 5.69. The molecule has 0 aliphatic carbocycles. The molecule has 7 nitrogen and oxygen atoms in total. The molecule has 0 atom stereocenters. The van der Waals surface area contributed by atoms with E-state index >= 15 is 0 Å². The highest BCUT2D eigenvalue weighted by Gasteiger charge is 2.25. The van der Waals surface area contributed by atoms with Crippen LogP contribution >= 0.6 is 0 Å². The molecule has 1 aromatic heterocycles. The van der Waals surface area contributed by atoms with Crippen LogP contribution in [0.3, 0.4) is 0 Å². The summed E-state index contributed by atoms with van der Waals surface area (Å²) in [5, 5.41) is 0. The molecule has 26 heavy (non-hydrogen) atoms. The predicted octanol–water partition coefficient (Wildman–Crippen LogP) is 2.49. The maximum Gasteiger partial charge on any atom is 0.355 e. The molecule has 138 valence electrons. The molecule has 0 aliphatic rings. The number of nitrogens with one attached hydrogen (secondary N) is 1. The van der Waals surface area contributed by atoms with Gasteiger partial charge in [0.25, 0.3) is 5.91 Å². The standard InChI is InChI=1S/C19H22N2O5/c1-5-14-16(18(23)25-4)12(2)17(20-14)19(24)26-11-15(22)21(3)13-9-7-6-8-10-13/h6-10,20H,5,11H2,1-4H3. The highest BCUT2D eigenvalue weighted by atomic mass is 16.5. The predicted molar refractivity (Wildman–Crippen MR) is 96.4 cm³/mol. The van der Waals surface area contributed by atoms with E-state index in [0.717, 1.165) is 0 Å². The Morgan fingerprint density at radius 2 is 1.77 bits per heavy atom. The van der Waals surface area contributed by atoms with Crippen LogP contribution in [-0.2, 0) is 20.7 Å². The van der Waals surface area contributed by atoms with Gasteiger partial charge >= 0.3 is 11.9 Å². The Hall–Kier alpha value is -3.09. The summed E-state index contributed by atoms with van der Waals surface area (Å²) < 4.78 is 9.89. The van der Waals surface area contributed by atoms with Gasteiger partial charge in [-0.05, 0) is 31.0 Å². The molecule has 7 heteroatoms. The number of aromatic nitrogens is 1. The number of hydrogen-bond donors (Lipinski definition) is 1. The van der Waals surface area contributed by atoms with E-state index in [2.05, 4.69) is 4.98 Å². The number of likely N-dealkylation sites (N-methyl/N-ethyl adjacent to an activating group) is 1. The topological polar surface area (TPSA) is 88.7 Å². The van der Waals surface area contributed by atoms with Gasteiger partial charge in [-0.2, -0.15) is 0 Å². The molecule has 0 aliphatic heterocycles. The van der Waals surface area contributed by atoms with Crippen molar-refractivity contribution in [3.05, 3.63) is 52.8 Å². The molecule has 1 heterocycles. The molecule has 1 N–H and O–H groups in total. The van der Waals surface area contributed by atoms with Gasteiger partial charge in [-0.1, -0.05) is 25.1 Å². The van der Waals surface area contributed by atoms with Gasteiger partial charge in [0.1, 0.15) is 5.69 Å². The van der Waals surface area contributed by atoms with E-state index in [1.165, 1.54) is 12.0 Å². The maximum atomic E-state index is 12.3. The number of rotatable bonds is 6. The number of aryl methyl sites for hydroxylation is 1. The number of benzene rings is 1. The minimum Gasteiger partial charge on any atom is -0.465 e. The molecule has 0 unspecified atom stereocenters. The molecule has 0 fully saturated rings. The van der Waals surface area contributed by atoms with Crippen LogP contribution in [0.2, 0.25) is 0 Å². The first-order valence-electron chi connectivity index (χ1n) is 8.19. The van der Waals surface area contributed by atoms with Crippen molar-refractivity contribution in [1.29, 1.82) is 0 Å². The van der Waals surface area contributed by atoms with Crippen LogP contribution in [0.25, 0.3) is 0 Å². The lowest BCUT2D eigenvalue weighted by atomic mass is 10.1. The maximum absolute atomic E-state index is 12.3. The summed E-state index contributed by atoms with van der Waals surface area (Å²) in [5.74, 6) is -1.57. The number of esters is 2. The zero-order valence-corrected chi connectivity index (χ0v) is 15.3. The summed E-state index contributed by atoms with van der Waals surface area (Å²) in [6, 6.07) is 9.04. The van der Waals surface area contributed by atoms with Gasteiger partial charge in [-0.15, -0.1) is 0 Å². The average molecular weight is 358 g/mol. The van der Waals surface area contributed by atoms with E-state index in [0.29, 0.717) is 28.9 Å². The number of anilines is 1. The van der Waals surface area contributed by atoms with Gasteiger partial charge in [-0.25, -0.2) is 9.59 Å². The average Bonchev–Trinajstić information content (AvgIpc) is 3.01. The lowest BCUT2D eigenvalue weighted by Crippen LogP contribution is -2.31. The summed E-state index contributed by atoms with van der Waals surface area (Å²) in [5.41, 5.74) is 2.22. The first kappa shape index (κ1) is 19.2. The Kier molecular flexibility index (Phi) is 6.16. The molecular formula is C19H22N2O5. The zero-order chi connectivity index (χ0) is 19.3. The van der Waals surface area contributed by atoms with Gasteiger partial charge in [-0.3, -0.25) is 4.79 Å². The Labute approximate surface area is 151 Å². The summed E-state index contributed by atoms with van der Waals surface area (Å²) in [6.45, 7) is 3.08. The third-order valence-electron chi connectivity index (χ3n) is 4.12. The van der Waals surface area contributed by atoms with E-state index in [-0.39, 0.29) is 11.6 Å². The van der Waals surface area contributed by atoms with Gasteiger partial charge < -0.3 is 19.4 Å². The van der Waals surface area contributed by atoms with Crippen LogP contribution < -0.4 is 4.90 Å². The van der Waals surface area contributed by atoms with Gasteiger partial charge in [0.2, 0.25) is 0 Å². The third kappa shape index (κ3) is 3.93. The molecule has 2 rings (SSSR count). The number of aromatic amines is 1. The largest absolute Gasteiger partial charge is 0.465 e. The number of H-pyrrole nitrogens is 1. The number of amides is 1. The molecule has 0 saturated carbocycles. The molecule has 1 aromatic carbocycles. The first-order valence-corrected chi connectivity index (χ1v) is 8.19. The van der Waals surface area contributed by atoms with E-state index in [9.17, 15) is 14.4 Å². The fraction of sp³-hybridized carbons (Fsp3) is 0.316. The second kappa shape index (κ2) is 8.33. The highest BCUT2D eigenvalue weighted by Crippen LogP contribution is 2.21. The fourth-order valence-corrected chi connectivity index (χ4v) is 2.60. The molecule has 0 saturated heterocycles. The monoisotopic (exact) mass is 358 g/mol. The van der Waals surface area contributed by atoms with Crippen molar-refractivity contribution in [2.45, 2.75) is 20.3 Å². The van der Waals surface area contributed by atoms with Crippen LogP contribution in [0.15, 0.2) is 30.3 Å². The zero-order valence-electron chi connectivity index (χ0n) is 15.3. The van der Waals surface area contributed by atoms with Crippen LogP contribution in [0.5, 0.6) is 0 Å². The Bertz CT molecular complexity index is 811. The van der Waals surface area contributed by atoms with Crippen molar-refractivity contribution >= 4 is 23.5 Å². The molecule has 1 amide bonds.